The molecule has 0 unspecified atom stereocenters. The Hall–Kier alpha value is -0.0700. The van der Waals surface area contributed by atoms with E-state index in [4.69, 9.17) is 0 Å². The van der Waals surface area contributed by atoms with E-state index < -0.39 is 0 Å². The lowest BCUT2D eigenvalue weighted by Gasteiger charge is -2.11. The maximum absolute atomic E-state index is 11.7. The maximum Gasteiger partial charge on any atom is 0.283 e. The number of carbonyl (C=O) groups excluding carboxylic acids is 1. The third-order valence-corrected chi connectivity index (χ3v) is 4.20. The summed E-state index contributed by atoms with van der Waals surface area (Å²) in [6.45, 7) is 0.848. The Balaban J connectivity index is 2.12. The molecule has 70 valence electrons. The summed E-state index contributed by atoms with van der Waals surface area (Å²) in [6, 6.07) is 0. The average Bonchev–Trinajstić information content (AvgIpc) is 2.72. The molecule has 2 heterocycles. The number of thiazole rings is 1. The van der Waals surface area contributed by atoms with E-state index in [0.29, 0.717) is 5.01 Å². The van der Waals surface area contributed by atoms with Crippen LogP contribution in [-0.2, 0) is 0 Å². The Morgan fingerprint density at radius 3 is 3.08 bits per heavy atom. The van der Waals surface area contributed by atoms with Crippen molar-refractivity contribution >= 4 is 44.9 Å². The van der Waals surface area contributed by atoms with Crippen LogP contribution < -0.4 is 0 Å². The van der Waals surface area contributed by atoms with Crippen molar-refractivity contribution in [2.45, 2.75) is 0 Å². The second-order valence-electron chi connectivity index (χ2n) is 2.58. The van der Waals surface area contributed by atoms with Crippen LogP contribution in [0.15, 0.2) is 9.98 Å². The van der Waals surface area contributed by atoms with Gasteiger partial charge < -0.3 is 4.90 Å². The van der Waals surface area contributed by atoms with E-state index in [1.165, 1.54) is 11.3 Å². The monoisotopic (exact) mass is 278 g/mol. The predicted molar refractivity (Wildman–Crippen MR) is 58.2 cm³/mol. The van der Waals surface area contributed by atoms with Gasteiger partial charge in [-0.3, -0.25) is 4.79 Å². The highest BCUT2D eigenvalue weighted by Gasteiger charge is 2.21. The molecule has 1 saturated heterocycles. The Labute approximate surface area is 92.7 Å². The van der Waals surface area contributed by atoms with Crippen LogP contribution in [-0.4, -0.2) is 34.0 Å². The summed E-state index contributed by atoms with van der Waals surface area (Å²) in [6.07, 6.45) is 0. The molecule has 1 amide bonds. The molecule has 0 aromatic carbocycles. The first-order chi connectivity index (χ1) is 6.27. The molecule has 0 spiro atoms. The number of amides is 1. The lowest BCUT2D eigenvalue weighted by atomic mass is 10.5. The van der Waals surface area contributed by atoms with E-state index in [0.717, 1.165) is 22.8 Å². The summed E-state index contributed by atoms with van der Waals surface area (Å²) < 4.78 is 0.743. The van der Waals surface area contributed by atoms with Gasteiger partial charge in [0.1, 0.15) is 4.60 Å². The minimum absolute atomic E-state index is 0.0562. The summed E-state index contributed by atoms with van der Waals surface area (Å²) in [5.74, 6) is 1.90. The highest BCUT2D eigenvalue weighted by molar-refractivity contribution is 9.10. The number of hydrogen-bond acceptors (Lipinski definition) is 4. The number of hydrogen-bond donors (Lipinski definition) is 0. The maximum atomic E-state index is 11.7. The Morgan fingerprint density at radius 2 is 2.54 bits per heavy atom. The SMILES string of the molecule is O=C(c1nc(Br)cs1)N1CCSC1. The van der Waals surface area contributed by atoms with Crippen molar-refractivity contribution in [1.82, 2.24) is 9.88 Å². The van der Waals surface area contributed by atoms with Crippen LogP contribution in [0.5, 0.6) is 0 Å². The zero-order valence-corrected chi connectivity index (χ0v) is 9.91. The van der Waals surface area contributed by atoms with Gasteiger partial charge in [0.05, 0.1) is 5.88 Å². The predicted octanol–water partition coefficient (Wildman–Crippen LogP) is 2.05. The Morgan fingerprint density at radius 1 is 1.69 bits per heavy atom. The molecule has 1 fully saturated rings. The lowest BCUT2D eigenvalue weighted by Crippen LogP contribution is -2.27. The molecular weight excluding hydrogens is 272 g/mol. The first kappa shape index (κ1) is 9.48. The van der Waals surface area contributed by atoms with Crippen LogP contribution in [0, 0.1) is 0 Å². The number of rotatable bonds is 1. The molecule has 3 nitrogen and oxygen atoms in total. The van der Waals surface area contributed by atoms with Gasteiger partial charge in [-0.2, -0.15) is 0 Å². The molecule has 0 atom stereocenters. The summed E-state index contributed by atoms with van der Waals surface area (Å²) in [5, 5.41) is 2.41. The number of nitrogens with zero attached hydrogens (tertiary/aromatic N) is 2. The van der Waals surface area contributed by atoms with Gasteiger partial charge in [-0.05, 0) is 15.9 Å². The number of carbonyl (C=O) groups is 1. The summed E-state index contributed by atoms with van der Waals surface area (Å²) in [7, 11) is 0. The first-order valence-electron chi connectivity index (χ1n) is 3.75. The largest absolute Gasteiger partial charge is 0.327 e. The third kappa shape index (κ3) is 2.05. The quantitative estimate of drug-likeness (QED) is 0.789. The zero-order valence-electron chi connectivity index (χ0n) is 6.70. The van der Waals surface area contributed by atoms with Crippen molar-refractivity contribution in [2.75, 3.05) is 18.2 Å². The summed E-state index contributed by atoms with van der Waals surface area (Å²) in [5.41, 5.74) is 0. The second-order valence-corrected chi connectivity index (χ2v) is 5.33. The molecule has 0 saturated carbocycles. The van der Waals surface area contributed by atoms with Crippen molar-refractivity contribution in [2.24, 2.45) is 0 Å². The van der Waals surface area contributed by atoms with Crippen molar-refractivity contribution in [1.29, 1.82) is 0 Å². The normalized spacial score (nSPS) is 16.5. The molecule has 1 aliphatic heterocycles. The van der Waals surface area contributed by atoms with E-state index in [-0.39, 0.29) is 5.91 Å². The summed E-state index contributed by atoms with van der Waals surface area (Å²) >= 11 is 6.40. The molecule has 13 heavy (non-hydrogen) atoms. The van der Waals surface area contributed by atoms with E-state index in [1.54, 1.807) is 11.8 Å². The molecule has 1 aromatic rings. The van der Waals surface area contributed by atoms with Gasteiger partial charge in [0.2, 0.25) is 0 Å². The minimum atomic E-state index is 0.0562. The summed E-state index contributed by atoms with van der Waals surface area (Å²) in [4.78, 5) is 17.6. The molecular formula is C7H7BrN2OS2. The highest BCUT2D eigenvalue weighted by atomic mass is 79.9. The molecule has 6 heteroatoms. The molecule has 0 N–H and O–H groups in total. The smallest absolute Gasteiger partial charge is 0.283 e. The number of thioether (sulfide) groups is 1. The average molecular weight is 279 g/mol. The zero-order chi connectivity index (χ0) is 9.26. The van der Waals surface area contributed by atoms with Crippen molar-refractivity contribution in [3.05, 3.63) is 15.0 Å². The van der Waals surface area contributed by atoms with Gasteiger partial charge in [0, 0.05) is 17.7 Å². The lowest BCUT2D eigenvalue weighted by molar-refractivity contribution is 0.0802. The highest BCUT2D eigenvalue weighted by Crippen LogP contribution is 2.20. The van der Waals surface area contributed by atoms with Crippen LogP contribution >= 0.6 is 39.0 Å². The van der Waals surface area contributed by atoms with Crippen LogP contribution in [0.3, 0.4) is 0 Å². The third-order valence-electron chi connectivity index (χ3n) is 1.70. The van der Waals surface area contributed by atoms with Gasteiger partial charge in [0.15, 0.2) is 5.01 Å². The van der Waals surface area contributed by atoms with E-state index in [9.17, 15) is 4.79 Å². The fourth-order valence-corrected chi connectivity index (χ4v) is 3.22. The van der Waals surface area contributed by atoms with Gasteiger partial charge in [-0.1, -0.05) is 0 Å². The van der Waals surface area contributed by atoms with Crippen molar-refractivity contribution in [3.63, 3.8) is 0 Å². The van der Waals surface area contributed by atoms with E-state index >= 15 is 0 Å². The van der Waals surface area contributed by atoms with Gasteiger partial charge in [0.25, 0.3) is 5.91 Å². The second kappa shape index (κ2) is 3.98. The van der Waals surface area contributed by atoms with Crippen molar-refractivity contribution in [3.8, 4) is 0 Å². The van der Waals surface area contributed by atoms with Gasteiger partial charge in [-0.15, -0.1) is 23.1 Å². The number of aromatic nitrogens is 1. The fourth-order valence-electron chi connectivity index (χ4n) is 1.06. The Bertz CT molecular complexity index is 322. The van der Waals surface area contributed by atoms with Crippen LogP contribution in [0.1, 0.15) is 9.80 Å². The standard InChI is InChI=1S/C7H7BrN2OS2/c8-5-3-13-6(9-5)7(11)10-1-2-12-4-10/h3H,1-2,4H2. The Kier molecular flexibility index (Phi) is 2.90. The molecule has 2 rings (SSSR count). The van der Waals surface area contributed by atoms with E-state index in [1.807, 2.05) is 10.3 Å². The molecule has 1 aromatic heterocycles. The van der Waals surface area contributed by atoms with Crippen LogP contribution in [0.2, 0.25) is 0 Å². The van der Waals surface area contributed by atoms with Gasteiger partial charge in [-0.25, -0.2) is 4.98 Å². The van der Waals surface area contributed by atoms with Gasteiger partial charge >= 0.3 is 0 Å². The molecule has 0 aliphatic carbocycles. The fraction of sp³-hybridized carbons (Fsp3) is 0.429. The number of halogens is 1. The van der Waals surface area contributed by atoms with Crippen molar-refractivity contribution < 1.29 is 4.79 Å². The van der Waals surface area contributed by atoms with E-state index in [2.05, 4.69) is 20.9 Å². The van der Waals surface area contributed by atoms with Crippen LogP contribution in [0.4, 0.5) is 0 Å². The molecule has 1 aliphatic rings. The molecule has 0 bridgehead atoms. The topological polar surface area (TPSA) is 33.2 Å². The van der Waals surface area contributed by atoms with Crippen LogP contribution in [0.25, 0.3) is 0 Å². The molecule has 0 radical (unpaired) electrons. The first-order valence-corrected chi connectivity index (χ1v) is 6.58. The minimum Gasteiger partial charge on any atom is -0.327 e.